The first kappa shape index (κ1) is 18.1. The zero-order valence-corrected chi connectivity index (χ0v) is 15.1. The number of thioether (sulfide) groups is 1. The monoisotopic (exact) mass is 346 g/mol. The van der Waals surface area contributed by atoms with Gasteiger partial charge in [0.05, 0.1) is 12.0 Å². The Morgan fingerprint density at radius 2 is 2.12 bits per heavy atom. The number of benzene rings is 1. The Kier molecular flexibility index (Phi) is 6.49. The fourth-order valence-electron chi connectivity index (χ4n) is 2.23. The summed E-state index contributed by atoms with van der Waals surface area (Å²) < 4.78 is 10.9. The number of carbonyl (C=O) groups is 1. The molecule has 1 aliphatic heterocycles. The zero-order chi connectivity index (χ0) is 17.5. The van der Waals surface area contributed by atoms with Crippen LogP contribution in [0.5, 0.6) is 11.5 Å². The molecule has 6 heteroatoms. The quantitative estimate of drug-likeness (QED) is 0.559. The number of rotatable bonds is 7. The minimum Gasteiger partial charge on any atom is -0.493 e. The van der Waals surface area contributed by atoms with Crippen LogP contribution in [0, 0.1) is 0 Å². The van der Waals surface area contributed by atoms with Gasteiger partial charge in [0.2, 0.25) is 0 Å². The van der Waals surface area contributed by atoms with Crippen molar-refractivity contribution in [3.63, 3.8) is 0 Å². The number of likely N-dealkylation sites (N-methyl/N-ethyl adjacent to an activating group) is 1. The summed E-state index contributed by atoms with van der Waals surface area (Å²) in [4.78, 5) is 19.2. The van der Waals surface area contributed by atoms with Crippen molar-refractivity contribution in [2.45, 2.75) is 13.8 Å². The lowest BCUT2D eigenvalue weighted by molar-refractivity contribution is -0.122. The number of methoxy groups -OCH3 is 1. The molecule has 1 aliphatic rings. The summed E-state index contributed by atoms with van der Waals surface area (Å²) in [7, 11) is 1.59. The number of amides is 1. The predicted octanol–water partition coefficient (Wildman–Crippen LogP) is 3.57. The molecule has 0 atom stereocenters. The van der Waals surface area contributed by atoms with E-state index in [-0.39, 0.29) is 5.91 Å². The molecule has 0 spiro atoms. The van der Waals surface area contributed by atoms with Crippen LogP contribution < -0.4 is 9.47 Å². The summed E-state index contributed by atoms with van der Waals surface area (Å²) in [6.45, 7) is 9.21. The van der Waals surface area contributed by atoms with Gasteiger partial charge in [-0.05, 0) is 49.4 Å². The van der Waals surface area contributed by atoms with Crippen LogP contribution >= 0.6 is 11.8 Å². The molecule has 1 fully saturated rings. The van der Waals surface area contributed by atoms with Gasteiger partial charge in [0.25, 0.3) is 5.91 Å². The summed E-state index contributed by atoms with van der Waals surface area (Å²) in [6, 6.07) is 5.58. The van der Waals surface area contributed by atoms with Crippen LogP contribution in [0.2, 0.25) is 0 Å². The van der Waals surface area contributed by atoms with Crippen LogP contribution in [-0.4, -0.2) is 42.8 Å². The minimum absolute atomic E-state index is 0.0133. The molecule has 1 saturated heterocycles. The number of nitrogens with zero attached hydrogens (tertiary/aromatic N) is 2. The molecule has 0 bridgehead atoms. The van der Waals surface area contributed by atoms with Gasteiger partial charge in [-0.2, -0.15) is 0 Å². The molecular formula is C18H22N2O3S. The highest BCUT2D eigenvalue weighted by Crippen LogP contribution is 2.34. The predicted molar refractivity (Wildman–Crippen MR) is 99.6 cm³/mol. The Morgan fingerprint density at radius 3 is 2.75 bits per heavy atom. The summed E-state index contributed by atoms with van der Waals surface area (Å²) in [5.41, 5.74) is 0.877. The highest BCUT2D eigenvalue weighted by molar-refractivity contribution is 8.18. The number of hydrogen-bond donors (Lipinski definition) is 0. The number of hydrogen-bond acceptors (Lipinski definition) is 5. The van der Waals surface area contributed by atoms with E-state index in [4.69, 9.17) is 9.47 Å². The smallest absolute Gasteiger partial charge is 0.266 e. The maximum absolute atomic E-state index is 12.5. The highest BCUT2D eigenvalue weighted by Gasteiger charge is 2.31. The van der Waals surface area contributed by atoms with E-state index < -0.39 is 0 Å². The Hall–Kier alpha value is -2.21. The standard InChI is InChI=1S/C18H22N2O3S/c1-5-10-23-14-9-8-13(11-15(14)22-4)12-16-17(21)20(7-3)18(24-16)19-6-2/h5,8-9,11-12H,1,6-7,10H2,2-4H3/b16-12-,19-18?. The van der Waals surface area contributed by atoms with Gasteiger partial charge in [-0.25, -0.2) is 0 Å². The molecule has 0 saturated carbocycles. The molecule has 1 aromatic carbocycles. The Morgan fingerprint density at radius 1 is 1.33 bits per heavy atom. The molecule has 128 valence electrons. The lowest BCUT2D eigenvalue weighted by Crippen LogP contribution is -2.28. The van der Waals surface area contributed by atoms with E-state index in [9.17, 15) is 4.79 Å². The van der Waals surface area contributed by atoms with Gasteiger partial charge in [-0.1, -0.05) is 18.7 Å². The van der Waals surface area contributed by atoms with Gasteiger partial charge in [-0.15, -0.1) is 0 Å². The molecule has 24 heavy (non-hydrogen) atoms. The van der Waals surface area contributed by atoms with Crippen LogP contribution in [0.3, 0.4) is 0 Å². The average molecular weight is 346 g/mol. The third kappa shape index (κ3) is 4.00. The number of ether oxygens (including phenoxy) is 2. The molecule has 0 radical (unpaired) electrons. The van der Waals surface area contributed by atoms with E-state index in [0.29, 0.717) is 36.1 Å². The van der Waals surface area contributed by atoms with Crippen molar-refractivity contribution in [3.8, 4) is 11.5 Å². The van der Waals surface area contributed by atoms with Crippen molar-refractivity contribution >= 4 is 28.9 Å². The first-order chi connectivity index (χ1) is 11.6. The van der Waals surface area contributed by atoms with E-state index in [1.807, 2.05) is 38.1 Å². The molecule has 2 rings (SSSR count). The molecule has 1 aromatic rings. The van der Waals surface area contributed by atoms with Gasteiger partial charge in [0.1, 0.15) is 6.61 Å². The van der Waals surface area contributed by atoms with E-state index in [2.05, 4.69) is 11.6 Å². The Bertz CT molecular complexity index is 683. The van der Waals surface area contributed by atoms with E-state index in [1.54, 1.807) is 18.1 Å². The van der Waals surface area contributed by atoms with Crippen molar-refractivity contribution < 1.29 is 14.3 Å². The lowest BCUT2D eigenvalue weighted by atomic mass is 10.2. The Balaban J connectivity index is 2.29. The normalized spacial score (nSPS) is 17.6. The fourth-order valence-corrected chi connectivity index (χ4v) is 3.34. The second kappa shape index (κ2) is 8.59. The summed E-state index contributed by atoms with van der Waals surface area (Å²) in [5, 5.41) is 0.758. The van der Waals surface area contributed by atoms with Crippen LogP contribution in [0.1, 0.15) is 19.4 Å². The lowest BCUT2D eigenvalue weighted by Gasteiger charge is -2.11. The Labute approximate surface area is 147 Å². The number of carbonyl (C=O) groups excluding carboxylic acids is 1. The summed E-state index contributed by atoms with van der Waals surface area (Å²) in [5.74, 6) is 1.26. The summed E-state index contributed by atoms with van der Waals surface area (Å²) >= 11 is 1.40. The number of aliphatic imine (C=N–C) groups is 1. The average Bonchev–Trinajstić information content (AvgIpc) is 2.88. The van der Waals surface area contributed by atoms with E-state index >= 15 is 0 Å². The van der Waals surface area contributed by atoms with Gasteiger partial charge in [-0.3, -0.25) is 14.7 Å². The molecule has 0 N–H and O–H groups in total. The van der Waals surface area contributed by atoms with Crippen LogP contribution in [0.4, 0.5) is 0 Å². The first-order valence-electron chi connectivity index (χ1n) is 7.82. The van der Waals surface area contributed by atoms with Gasteiger partial charge < -0.3 is 9.47 Å². The topological polar surface area (TPSA) is 51.1 Å². The number of amidine groups is 1. The van der Waals surface area contributed by atoms with Crippen molar-refractivity contribution in [3.05, 3.63) is 41.3 Å². The molecule has 1 amide bonds. The van der Waals surface area contributed by atoms with E-state index in [0.717, 1.165) is 10.7 Å². The van der Waals surface area contributed by atoms with Crippen molar-refractivity contribution in [1.29, 1.82) is 0 Å². The summed E-state index contributed by atoms with van der Waals surface area (Å²) in [6.07, 6.45) is 3.53. The first-order valence-corrected chi connectivity index (χ1v) is 8.63. The minimum atomic E-state index is -0.0133. The molecule has 0 aliphatic carbocycles. The fraction of sp³-hybridized carbons (Fsp3) is 0.333. The second-order valence-corrected chi connectivity index (χ2v) is 5.94. The van der Waals surface area contributed by atoms with Gasteiger partial charge in [0, 0.05) is 13.1 Å². The second-order valence-electron chi connectivity index (χ2n) is 4.93. The van der Waals surface area contributed by atoms with Crippen molar-refractivity contribution in [2.75, 3.05) is 26.8 Å². The van der Waals surface area contributed by atoms with Gasteiger partial charge in [0.15, 0.2) is 16.7 Å². The van der Waals surface area contributed by atoms with E-state index in [1.165, 1.54) is 11.8 Å². The third-order valence-electron chi connectivity index (χ3n) is 3.34. The highest BCUT2D eigenvalue weighted by atomic mass is 32.2. The SMILES string of the molecule is C=CCOc1ccc(/C=C2\SC(=NCC)N(CC)C2=O)cc1OC. The molecule has 0 unspecified atom stereocenters. The largest absolute Gasteiger partial charge is 0.493 e. The van der Waals surface area contributed by atoms with Crippen LogP contribution in [0.15, 0.2) is 40.8 Å². The van der Waals surface area contributed by atoms with Crippen LogP contribution in [-0.2, 0) is 4.79 Å². The van der Waals surface area contributed by atoms with Gasteiger partial charge >= 0.3 is 0 Å². The van der Waals surface area contributed by atoms with Crippen molar-refractivity contribution in [2.24, 2.45) is 4.99 Å². The zero-order valence-electron chi connectivity index (χ0n) is 14.2. The maximum Gasteiger partial charge on any atom is 0.266 e. The molecule has 0 aromatic heterocycles. The molecule has 1 heterocycles. The molecule has 5 nitrogen and oxygen atoms in total. The van der Waals surface area contributed by atoms with Crippen LogP contribution in [0.25, 0.3) is 6.08 Å². The third-order valence-corrected chi connectivity index (χ3v) is 4.38. The maximum atomic E-state index is 12.5. The van der Waals surface area contributed by atoms with Crippen molar-refractivity contribution in [1.82, 2.24) is 4.90 Å². The molecular weight excluding hydrogens is 324 g/mol.